The molecule has 5 aromatic rings. The summed E-state index contributed by atoms with van der Waals surface area (Å²) in [6, 6.07) is 33.6. The normalized spacial score (nSPS) is 11.8. The van der Waals surface area contributed by atoms with E-state index in [-0.39, 0.29) is 11.5 Å². The lowest BCUT2D eigenvalue weighted by Gasteiger charge is -2.35. The number of hydrogen-bond donors (Lipinski definition) is 2. The van der Waals surface area contributed by atoms with Crippen LogP contribution >= 0.6 is 0 Å². The lowest BCUT2D eigenvalue weighted by molar-refractivity contribution is 0.445. The topological polar surface area (TPSA) is 40.5 Å². The zero-order chi connectivity index (χ0) is 20.7. The Labute approximate surface area is 175 Å². The van der Waals surface area contributed by atoms with Crippen molar-refractivity contribution in [1.82, 2.24) is 0 Å². The van der Waals surface area contributed by atoms with E-state index in [0.717, 1.165) is 38.2 Å². The molecule has 0 bridgehead atoms. The summed E-state index contributed by atoms with van der Waals surface area (Å²) in [5, 5.41) is 26.3. The molecular weight excluding hydrogens is 368 g/mol. The number of hydrogen-bond acceptors (Lipinski definition) is 2. The molecule has 0 saturated heterocycles. The maximum absolute atomic E-state index is 11.1. The van der Waals surface area contributed by atoms with Crippen molar-refractivity contribution in [3.05, 3.63) is 120 Å². The van der Waals surface area contributed by atoms with Crippen LogP contribution in [0.4, 0.5) is 0 Å². The second-order valence-corrected chi connectivity index (χ2v) is 7.85. The van der Waals surface area contributed by atoms with E-state index >= 15 is 0 Å². The van der Waals surface area contributed by atoms with Gasteiger partial charge in [-0.05, 0) is 46.2 Å². The molecule has 0 radical (unpaired) electrons. The summed E-state index contributed by atoms with van der Waals surface area (Å²) >= 11 is 0. The van der Waals surface area contributed by atoms with E-state index in [1.165, 1.54) is 0 Å². The molecule has 5 aromatic carbocycles. The average Bonchev–Trinajstić information content (AvgIpc) is 2.79. The fourth-order valence-electron chi connectivity index (χ4n) is 4.76. The van der Waals surface area contributed by atoms with Gasteiger partial charge in [-0.2, -0.15) is 0 Å². The standard InChI is InChI=1S/C28H22O2/c1-28(21-11-3-2-4-12-21,26-22-13-7-5-9-19(22)15-17-24(26)29)27-23-14-8-6-10-20(23)16-18-25(27)30/h2-18,29-30H,1H3. The Hall–Kier alpha value is -3.78. The van der Waals surface area contributed by atoms with Crippen LogP contribution in [0.3, 0.4) is 0 Å². The van der Waals surface area contributed by atoms with Crippen molar-refractivity contribution in [2.45, 2.75) is 12.3 Å². The highest BCUT2D eigenvalue weighted by molar-refractivity contribution is 5.94. The highest BCUT2D eigenvalue weighted by Crippen LogP contribution is 2.50. The second-order valence-electron chi connectivity index (χ2n) is 7.85. The smallest absolute Gasteiger partial charge is 0.120 e. The van der Waals surface area contributed by atoms with Crippen LogP contribution in [0.25, 0.3) is 21.5 Å². The average molecular weight is 390 g/mol. The van der Waals surface area contributed by atoms with Gasteiger partial charge in [-0.1, -0.05) is 91.0 Å². The largest absolute Gasteiger partial charge is 0.508 e. The van der Waals surface area contributed by atoms with Crippen LogP contribution in [-0.4, -0.2) is 10.2 Å². The Kier molecular flexibility index (Phi) is 4.22. The lowest BCUT2D eigenvalue weighted by Crippen LogP contribution is -2.26. The van der Waals surface area contributed by atoms with E-state index in [1.807, 2.05) is 78.9 Å². The quantitative estimate of drug-likeness (QED) is 0.334. The van der Waals surface area contributed by atoms with Crippen LogP contribution in [0.1, 0.15) is 23.6 Å². The third-order valence-electron chi connectivity index (χ3n) is 6.17. The molecule has 0 spiro atoms. The SMILES string of the molecule is CC(c1ccccc1)(c1c(O)ccc2ccccc12)c1c(O)ccc2ccccc12. The van der Waals surface area contributed by atoms with E-state index < -0.39 is 5.41 Å². The molecule has 0 unspecified atom stereocenters. The van der Waals surface area contributed by atoms with Crippen LogP contribution in [0.5, 0.6) is 11.5 Å². The maximum Gasteiger partial charge on any atom is 0.120 e. The number of aromatic hydroxyl groups is 2. The Morgan fingerprint density at radius 3 is 1.43 bits per heavy atom. The van der Waals surface area contributed by atoms with Gasteiger partial charge in [0.2, 0.25) is 0 Å². The van der Waals surface area contributed by atoms with Gasteiger partial charge in [0.25, 0.3) is 0 Å². The van der Waals surface area contributed by atoms with Crippen molar-refractivity contribution < 1.29 is 10.2 Å². The minimum Gasteiger partial charge on any atom is -0.508 e. The van der Waals surface area contributed by atoms with E-state index in [0.29, 0.717) is 0 Å². The zero-order valence-corrected chi connectivity index (χ0v) is 16.7. The highest BCUT2D eigenvalue weighted by Gasteiger charge is 2.38. The molecule has 2 nitrogen and oxygen atoms in total. The minimum absolute atomic E-state index is 0.215. The number of phenols is 2. The first-order valence-corrected chi connectivity index (χ1v) is 10.1. The van der Waals surface area contributed by atoms with Gasteiger partial charge in [-0.15, -0.1) is 0 Å². The van der Waals surface area contributed by atoms with E-state index in [2.05, 4.69) is 19.1 Å². The molecule has 30 heavy (non-hydrogen) atoms. The summed E-state index contributed by atoms with van der Waals surface area (Å²) in [6.07, 6.45) is 0. The molecule has 0 aromatic heterocycles. The highest BCUT2D eigenvalue weighted by atomic mass is 16.3. The Morgan fingerprint density at radius 1 is 0.500 bits per heavy atom. The van der Waals surface area contributed by atoms with Gasteiger partial charge in [-0.25, -0.2) is 0 Å². The summed E-state index contributed by atoms with van der Waals surface area (Å²) in [7, 11) is 0. The molecule has 2 N–H and O–H groups in total. The molecule has 0 fully saturated rings. The third-order valence-corrected chi connectivity index (χ3v) is 6.17. The summed E-state index contributed by atoms with van der Waals surface area (Å²) in [6.45, 7) is 2.09. The van der Waals surface area contributed by atoms with Gasteiger partial charge >= 0.3 is 0 Å². The molecule has 0 aliphatic rings. The predicted molar refractivity (Wildman–Crippen MR) is 123 cm³/mol. The fourth-order valence-corrected chi connectivity index (χ4v) is 4.76. The summed E-state index contributed by atoms with van der Waals surface area (Å²) in [5.74, 6) is 0.430. The van der Waals surface area contributed by atoms with Gasteiger partial charge in [0, 0.05) is 11.1 Å². The Morgan fingerprint density at radius 2 is 0.933 bits per heavy atom. The molecule has 0 aliphatic carbocycles. The van der Waals surface area contributed by atoms with Crippen molar-refractivity contribution in [1.29, 1.82) is 0 Å². The summed E-state index contributed by atoms with van der Waals surface area (Å²) in [5.41, 5.74) is 1.80. The van der Waals surface area contributed by atoms with Gasteiger partial charge in [-0.3, -0.25) is 0 Å². The summed E-state index contributed by atoms with van der Waals surface area (Å²) in [4.78, 5) is 0. The number of rotatable bonds is 3. The first-order valence-electron chi connectivity index (χ1n) is 10.1. The third kappa shape index (κ3) is 2.65. The molecule has 0 amide bonds. The maximum atomic E-state index is 11.1. The van der Waals surface area contributed by atoms with Crippen LogP contribution in [0.15, 0.2) is 103 Å². The molecule has 0 atom stereocenters. The van der Waals surface area contributed by atoms with Crippen LogP contribution in [0.2, 0.25) is 0 Å². The second kappa shape index (κ2) is 6.93. The van der Waals surface area contributed by atoms with Crippen molar-refractivity contribution in [2.75, 3.05) is 0 Å². The molecule has 146 valence electrons. The molecule has 5 rings (SSSR count). The molecule has 0 heterocycles. The van der Waals surface area contributed by atoms with Gasteiger partial charge < -0.3 is 10.2 Å². The van der Waals surface area contributed by atoms with Crippen LogP contribution in [-0.2, 0) is 5.41 Å². The van der Waals surface area contributed by atoms with E-state index in [1.54, 1.807) is 12.1 Å². The fraction of sp³-hybridized carbons (Fsp3) is 0.0714. The monoisotopic (exact) mass is 390 g/mol. The van der Waals surface area contributed by atoms with Gasteiger partial charge in [0.1, 0.15) is 11.5 Å². The first kappa shape index (κ1) is 18.3. The molecular formula is C28H22O2. The minimum atomic E-state index is -0.781. The number of benzene rings is 5. The number of phenolic OH excluding ortho intramolecular Hbond substituents is 2. The predicted octanol–water partition coefficient (Wildman–Crippen LogP) is 6.76. The van der Waals surface area contributed by atoms with Crippen molar-refractivity contribution in [3.8, 4) is 11.5 Å². The van der Waals surface area contributed by atoms with E-state index in [9.17, 15) is 10.2 Å². The zero-order valence-electron chi connectivity index (χ0n) is 16.7. The molecule has 0 saturated carbocycles. The van der Waals surface area contributed by atoms with Crippen molar-refractivity contribution >= 4 is 21.5 Å². The lowest BCUT2D eigenvalue weighted by atomic mass is 9.68. The Bertz CT molecular complexity index is 1280. The van der Waals surface area contributed by atoms with Gasteiger partial charge in [0.15, 0.2) is 0 Å². The van der Waals surface area contributed by atoms with Crippen molar-refractivity contribution in [3.63, 3.8) is 0 Å². The summed E-state index contributed by atoms with van der Waals surface area (Å²) < 4.78 is 0. The molecule has 2 heteroatoms. The van der Waals surface area contributed by atoms with Crippen LogP contribution in [0, 0.1) is 0 Å². The van der Waals surface area contributed by atoms with Crippen molar-refractivity contribution in [2.24, 2.45) is 0 Å². The molecule has 0 aliphatic heterocycles. The van der Waals surface area contributed by atoms with E-state index in [4.69, 9.17) is 0 Å². The first-order chi connectivity index (χ1) is 14.6. The van der Waals surface area contributed by atoms with Gasteiger partial charge in [0.05, 0.1) is 5.41 Å². The Balaban J connectivity index is 1.99. The number of fused-ring (bicyclic) bond motifs is 2. The van der Waals surface area contributed by atoms with Crippen LogP contribution < -0.4 is 0 Å².